The number of ether oxygens (including phenoxy) is 1. The van der Waals surface area contributed by atoms with Crippen molar-refractivity contribution in [3.63, 3.8) is 0 Å². The van der Waals surface area contributed by atoms with Gasteiger partial charge in [0.25, 0.3) is 0 Å². The number of amides is 2. The van der Waals surface area contributed by atoms with Gasteiger partial charge in [-0.05, 0) is 35.7 Å². The van der Waals surface area contributed by atoms with E-state index in [2.05, 4.69) is 0 Å². The van der Waals surface area contributed by atoms with Crippen molar-refractivity contribution in [3.05, 3.63) is 70.8 Å². The van der Waals surface area contributed by atoms with Crippen molar-refractivity contribution in [2.24, 2.45) is 0 Å². The van der Waals surface area contributed by atoms with Crippen molar-refractivity contribution in [1.29, 1.82) is 0 Å². The summed E-state index contributed by atoms with van der Waals surface area (Å²) in [4.78, 5) is 19.0. The normalized spacial score (nSPS) is 19.2. The van der Waals surface area contributed by atoms with Gasteiger partial charge in [-0.1, -0.05) is 30.3 Å². The van der Waals surface area contributed by atoms with Gasteiger partial charge in [0.1, 0.15) is 0 Å². The molecule has 0 N–H and O–H groups in total. The predicted molar refractivity (Wildman–Crippen MR) is 111 cm³/mol. The maximum Gasteiger partial charge on any atom is 0.416 e. The summed E-state index contributed by atoms with van der Waals surface area (Å²) in [6.45, 7) is 0.0987. The number of piperidine rings is 1. The first-order chi connectivity index (χ1) is 15.9. The minimum absolute atomic E-state index is 0.0900. The topological polar surface area (TPSA) is 42.0 Å². The van der Waals surface area contributed by atoms with Gasteiger partial charge in [0.05, 0.1) is 30.9 Å². The lowest BCUT2D eigenvalue weighted by atomic mass is 9.88. The second-order valence-electron chi connectivity index (χ2n) is 7.98. The molecule has 2 aromatic carbocycles. The van der Waals surface area contributed by atoms with Gasteiger partial charge in [-0.15, -0.1) is 0 Å². The van der Waals surface area contributed by atoms with Gasteiger partial charge in [0.15, 0.2) is 0 Å². The largest absolute Gasteiger partial charge is 0.416 e. The molecule has 34 heavy (non-hydrogen) atoms. The number of nitrogens with zero attached hydrogens (tertiary/aromatic N) is 2. The van der Waals surface area contributed by atoms with Gasteiger partial charge in [-0.3, -0.25) is 4.84 Å². The Labute approximate surface area is 192 Å². The minimum atomic E-state index is -4.93. The fourth-order valence-corrected chi connectivity index (χ4v) is 3.91. The van der Waals surface area contributed by atoms with Crippen LogP contribution < -0.4 is 0 Å². The van der Waals surface area contributed by atoms with E-state index < -0.39 is 36.2 Å². The van der Waals surface area contributed by atoms with E-state index in [1.165, 1.54) is 14.2 Å². The first-order valence-electron chi connectivity index (χ1n) is 10.4. The van der Waals surface area contributed by atoms with E-state index in [-0.39, 0.29) is 36.7 Å². The molecule has 11 heteroatoms. The second kappa shape index (κ2) is 10.2. The van der Waals surface area contributed by atoms with Gasteiger partial charge < -0.3 is 9.64 Å². The summed E-state index contributed by atoms with van der Waals surface area (Å²) in [5, 5.41) is 1.07. The number of carbonyl (C=O) groups is 1. The summed E-state index contributed by atoms with van der Waals surface area (Å²) in [7, 11) is 2.82. The zero-order valence-electron chi connectivity index (χ0n) is 18.5. The van der Waals surface area contributed by atoms with Crippen molar-refractivity contribution in [1.82, 2.24) is 9.96 Å². The molecule has 186 valence electrons. The van der Waals surface area contributed by atoms with E-state index in [0.29, 0.717) is 18.6 Å². The second-order valence-corrected chi connectivity index (χ2v) is 7.98. The molecule has 0 bridgehead atoms. The van der Waals surface area contributed by atoms with Crippen LogP contribution in [0.5, 0.6) is 0 Å². The van der Waals surface area contributed by atoms with E-state index in [0.717, 1.165) is 10.6 Å². The van der Waals surface area contributed by atoms with E-state index in [9.17, 15) is 31.1 Å². The number of hydrogen-bond donors (Lipinski definition) is 0. The Morgan fingerprint density at radius 2 is 1.62 bits per heavy atom. The molecule has 3 rings (SSSR count). The molecule has 0 aromatic heterocycles. The van der Waals surface area contributed by atoms with Crippen molar-refractivity contribution in [3.8, 4) is 0 Å². The fourth-order valence-electron chi connectivity index (χ4n) is 3.91. The van der Waals surface area contributed by atoms with Crippen LogP contribution in [0.1, 0.15) is 34.6 Å². The fraction of sp³-hybridized carbons (Fsp3) is 0.435. The van der Waals surface area contributed by atoms with Crippen LogP contribution in [-0.4, -0.2) is 49.3 Å². The number of rotatable bonds is 5. The summed E-state index contributed by atoms with van der Waals surface area (Å²) in [6.07, 6.45) is -10.0. The van der Waals surface area contributed by atoms with E-state index >= 15 is 0 Å². The van der Waals surface area contributed by atoms with Crippen LogP contribution in [0.25, 0.3) is 0 Å². The highest BCUT2D eigenvalue weighted by Crippen LogP contribution is 2.37. The molecular formula is C23H24F6N2O3. The molecule has 1 aliphatic heterocycles. The predicted octanol–water partition coefficient (Wildman–Crippen LogP) is 5.71. The molecule has 2 amide bonds. The first kappa shape index (κ1) is 25.8. The molecule has 2 atom stereocenters. The molecule has 0 aliphatic carbocycles. The zero-order chi connectivity index (χ0) is 25.1. The van der Waals surface area contributed by atoms with Gasteiger partial charge in [0, 0.05) is 26.1 Å². The van der Waals surface area contributed by atoms with Crippen molar-refractivity contribution in [2.45, 2.75) is 37.4 Å². The Bertz CT molecular complexity index is 949. The van der Waals surface area contributed by atoms with Crippen LogP contribution in [0.2, 0.25) is 0 Å². The molecule has 1 aliphatic rings. The lowest BCUT2D eigenvalue weighted by Crippen LogP contribution is -2.49. The van der Waals surface area contributed by atoms with E-state index in [4.69, 9.17) is 9.57 Å². The molecule has 0 radical (unpaired) electrons. The summed E-state index contributed by atoms with van der Waals surface area (Å²) >= 11 is 0. The van der Waals surface area contributed by atoms with Crippen LogP contribution in [0.3, 0.4) is 0 Å². The number of likely N-dealkylation sites (tertiary alicyclic amines) is 1. The Kier molecular flexibility index (Phi) is 7.77. The average molecular weight is 490 g/mol. The third-order valence-electron chi connectivity index (χ3n) is 5.70. The van der Waals surface area contributed by atoms with Crippen LogP contribution in [0, 0.1) is 0 Å². The highest BCUT2D eigenvalue weighted by molar-refractivity contribution is 5.73. The summed E-state index contributed by atoms with van der Waals surface area (Å²) in [5.74, 6) is -0.336. The van der Waals surface area contributed by atoms with Crippen LogP contribution in [0.4, 0.5) is 31.1 Å². The standard InChI is InChI=1S/C23H24F6N2O3/c1-30(33-2)21(32)31-9-8-20(19(13-31)16-6-4-3-5-7-16)34-14-15-10-17(22(24,25)26)12-18(11-15)23(27,28)29/h3-7,10-12,19-20H,8-9,13-14H2,1-2H3/t19-,20-/m1/s1. The number of hydroxylamine groups is 2. The van der Waals surface area contributed by atoms with E-state index in [1.807, 2.05) is 18.2 Å². The van der Waals surface area contributed by atoms with Gasteiger partial charge in [-0.25, -0.2) is 9.86 Å². The molecule has 1 heterocycles. The smallest absolute Gasteiger partial charge is 0.373 e. The van der Waals surface area contributed by atoms with Gasteiger partial charge >= 0.3 is 18.4 Å². The third kappa shape index (κ3) is 6.20. The van der Waals surface area contributed by atoms with Gasteiger partial charge in [0.2, 0.25) is 0 Å². The number of hydrogen-bond acceptors (Lipinski definition) is 3. The summed E-state index contributed by atoms with van der Waals surface area (Å²) < 4.78 is 84.9. The van der Waals surface area contributed by atoms with Crippen LogP contribution in [-0.2, 0) is 28.5 Å². The Hall–Kier alpha value is -2.79. The molecule has 1 fully saturated rings. The number of alkyl halides is 6. The quantitative estimate of drug-likeness (QED) is 0.398. The molecule has 0 saturated carbocycles. The monoisotopic (exact) mass is 490 g/mol. The molecular weight excluding hydrogens is 466 g/mol. The van der Waals surface area contributed by atoms with Crippen LogP contribution >= 0.6 is 0 Å². The zero-order valence-corrected chi connectivity index (χ0v) is 18.5. The summed E-state index contributed by atoms with van der Waals surface area (Å²) in [5.41, 5.74) is -2.16. The average Bonchev–Trinajstić information content (AvgIpc) is 2.81. The molecule has 5 nitrogen and oxygen atoms in total. The third-order valence-corrected chi connectivity index (χ3v) is 5.70. The maximum absolute atomic E-state index is 13.2. The molecule has 1 saturated heterocycles. The Morgan fingerprint density at radius 1 is 1.03 bits per heavy atom. The number of benzene rings is 2. The number of carbonyl (C=O) groups excluding carboxylic acids is 1. The highest BCUT2D eigenvalue weighted by atomic mass is 19.4. The lowest BCUT2D eigenvalue weighted by molar-refractivity contribution is -0.143. The van der Waals surface area contributed by atoms with Gasteiger partial charge in [-0.2, -0.15) is 26.3 Å². The van der Waals surface area contributed by atoms with Crippen molar-refractivity contribution in [2.75, 3.05) is 27.2 Å². The molecule has 0 spiro atoms. The SMILES string of the molecule is CON(C)C(=O)N1CC[C@@H](OCc2cc(C(F)(F)F)cc(C(F)(F)F)c2)[C@@H](c2ccccc2)C1. The Balaban J connectivity index is 1.83. The maximum atomic E-state index is 13.2. The highest BCUT2D eigenvalue weighted by Gasteiger charge is 2.38. The number of urea groups is 1. The van der Waals surface area contributed by atoms with Crippen LogP contribution in [0.15, 0.2) is 48.5 Å². The van der Waals surface area contributed by atoms with Crippen molar-refractivity contribution < 1.29 is 40.7 Å². The Morgan fingerprint density at radius 3 is 2.15 bits per heavy atom. The lowest BCUT2D eigenvalue weighted by Gasteiger charge is -2.39. The molecule has 2 aromatic rings. The summed E-state index contributed by atoms with van der Waals surface area (Å²) in [6, 6.07) is 10.1. The first-order valence-corrected chi connectivity index (χ1v) is 10.4. The molecule has 0 unspecified atom stereocenters. The number of halogens is 6. The van der Waals surface area contributed by atoms with Crippen molar-refractivity contribution >= 4 is 6.03 Å². The minimum Gasteiger partial charge on any atom is -0.373 e. The van der Waals surface area contributed by atoms with E-state index in [1.54, 1.807) is 17.0 Å².